The molecule has 13 heteroatoms. The zero-order valence-corrected chi connectivity index (χ0v) is 39.7. The van der Waals surface area contributed by atoms with Gasteiger partial charge in [-0.15, -0.1) is 0 Å². The summed E-state index contributed by atoms with van der Waals surface area (Å²) >= 11 is 0. The highest BCUT2D eigenvalue weighted by Crippen LogP contribution is 2.38. The molecule has 6 N–H and O–H groups in total. The van der Waals surface area contributed by atoms with Gasteiger partial charge < -0.3 is 54.3 Å². The summed E-state index contributed by atoms with van der Waals surface area (Å²) in [6, 6.07) is 50.3. The van der Waals surface area contributed by atoms with Crippen LogP contribution in [0.4, 0.5) is 0 Å². The van der Waals surface area contributed by atoms with Crippen LogP contribution in [0, 0.1) is 23.7 Å². The third-order valence-electron chi connectivity index (χ3n) is 14.3. The van der Waals surface area contributed by atoms with Crippen molar-refractivity contribution in [3.63, 3.8) is 0 Å². The van der Waals surface area contributed by atoms with E-state index in [1.165, 1.54) is 35.0 Å². The molecular formula is C62H46O13. The van der Waals surface area contributed by atoms with Crippen LogP contribution in [0.25, 0.3) is 64.6 Å². The fourth-order valence-corrected chi connectivity index (χ4v) is 10.3. The molecule has 75 heavy (non-hydrogen) atoms. The van der Waals surface area contributed by atoms with E-state index in [4.69, 9.17) is 23.7 Å². The molecule has 2 heterocycles. The van der Waals surface area contributed by atoms with Crippen LogP contribution in [-0.2, 0) is 23.7 Å². The van der Waals surface area contributed by atoms with Gasteiger partial charge >= 0.3 is 11.9 Å². The maximum atomic E-state index is 13.2. The lowest BCUT2D eigenvalue weighted by Crippen LogP contribution is -2.64. The number of esters is 2. The van der Waals surface area contributed by atoms with Crippen molar-refractivity contribution in [1.29, 1.82) is 0 Å². The van der Waals surface area contributed by atoms with Crippen molar-refractivity contribution in [1.82, 2.24) is 0 Å². The summed E-state index contributed by atoms with van der Waals surface area (Å²) in [7, 11) is 0. The smallest absolute Gasteiger partial charge is 0.338 e. The van der Waals surface area contributed by atoms with E-state index in [0.717, 1.165) is 65.0 Å². The molecule has 2 saturated heterocycles. The lowest BCUT2D eigenvalue weighted by molar-refractivity contribution is -0.376. The zero-order valence-electron chi connectivity index (χ0n) is 39.7. The number of hydrogen-bond acceptors (Lipinski definition) is 13. The van der Waals surface area contributed by atoms with Gasteiger partial charge in [0.2, 0.25) is 0 Å². The van der Waals surface area contributed by atoms with E-state index in [-0.39, 0.29) is 11.1 Å². The SMILES string of the molecule is O=C(OC[C@H]1O[C@H](O[C@H]2O[C@H](COC(=O)c3ccc(C#Cc4ccc5ccc6cccc7ccc4c5c67)cc3)[C@@H](O)[C@H](O)[C@H]2O)[C@H](O)[C@@H](O)[C@@H]1O)c1ccc(C#Cc2ccc3ccc4cccc5ccc2c3c45)cc1. The standard InChI is InChI=1S/C62H46O13/c63-53-47(31-71-59(69)43-15-9-33(10-16-43)7-13-35-19-21-41-25-23-37-3-1-5-39-27-29-45(35)51(41)49(37)39)73-61(57(67)55(53)65)75-62-58(68)56(66)54(64)48(74-62)32-72-60(70)44-17-11-34(12-18-44)8-14-36-20-22-42-26-24-38-4-2-6-40-28-30-46(36)52(42)50(38)40/h1-6,9-12,15-30,47-48,53-58,61-68H,31-32H2/t47-,48-,53-,54-,55+,56+,57-,58-,61-,62-/m1/s1. The zero-order chi connectivity index (χ0) is 51.5. The summed E-state index contributed by atoms with van der Waals surface area (Å²) in [5, 5.41) is 78.5. The van der Waals surface area contributed by atoms with E-state index in [0.29, 0.717) is 11.1 Å². The molecule has 0 saturated carbocycles. The van der Waals surface area contributed by atoms with Gasteiger partial charge in [0, 0.05) is 22.3 Å². The molecule has 12 rings (SSSR count). The van der Waals surface area contributed by atoms with Crippen molar-refractivity contribution < 1.29 is 63.9 Å². The number of carbonyl (C=O) groups excluding carboxylic acids is 2. The predicted molar refractivity (Wildman–Crippen MR) is 280 cm³/mol. The monoisotopic (exact) mass is 998 g/mol. The van der Waals surface area contributed by atoms with Crippen LogP contribution < -0.4 is 0 Å². The number of hydrogen-bond donors (Lipinski definition) is 6. The van der Waals surface area contributed by atoms with Crippen molar-refractivity contribution in [3.8, 4) is 23.7 Å². The van der Waals surface area contributed by atoms with Gasteiger partial charge in [0.25, 0.3) is 0 Å². The fourth-order valence-electron chi connectivity index (χ4n) is 10.3. The Kier molecular flexibility index (Phi) is 12.6. The van der Waals surface area contributed by atoms with E-state index in [2.05, 4.69) is 109 Å². The molecule has 2 aliphatic heterocycles. The van der Waals surface area contributed by atoms with Crippen LogP contribution >= 0.6 is 0 Å². The Hall–Kier alpha value is -8.02. The normalized spacial score (nSPS) is 23.8. The topological polar surface area (TPSA) is 202 Å². The molecule has 2 aliphatic rings. The van der Waals surface area contributed by atoms with E-state index in [9.17, 15) is 40.2 Å². The second kappa shape index (κ2) is 19.7. The molecule has 0 amide bonds. The number of rotatable bonds is 8. The third-order valence-corrected chi connectivity index (χ3v) is 14.3. The lowest BCUT2D eigenvalue weighted by Gasteiger charge is -2.44. The Morgan fingerprint density at radius 1 is 0.387 bits per heavy atom. The number of benzene rings is 10. The highest BCUT2D eigenvalue weighted by Gasteiger charge is 2.50. The first-order valence-electron chi connectivity index (χ1n) is 24.4. The maximum absolute atomic E-state index is 13.2. The van der Waals surface area contributed by atoms with Crippen LogP contribution in [0.3, 0.4) is 0 Å². The first-order chi connectivity index (χ1) is 36.5. The molecule has 10 aromatic carbocycles. The minimum absolute atomic E-state index is 0.165. The van der Waals surface area contributed by atoms with Crippen molar-refractivity contribution in [2.75, 3.05) is 13.2 Å². The summed E-state index contributed by atoms with van der Waals surface area (Å²) in [5.74, 6) is 11.4. The van der Waals surface area contributed by atoms with Gasteiger partial charge in [-0.05, 0) is 125 Å². The van der Waals surface area contributed by atoms with Crippen LogP contribution in [-0.4, -0.2) is 117 Å². The average Bonchev–Trinajstić information content (AvgIpc) is 3.44. The lowest BCUT2D eigenvalue weighted by atomic mass is 9.92. The first kappa shape index (κ1) is 48.0. The minimum Gasteiger partial charge on any atom is -0.459 e. The largest absolute Gasteiger partial charge is 0.459 e. The average molecular weight is 999 g/mol. The summed E-state index contributed by atoms with van der Waals surface area (Å²) < 4.78 is 28.0. The minimum atomic E-state index is -1.91. The number of aliphatic hydroxyl groups is 6. The predicted octanol–water partition coefficient (Wildman–Crippen LogP) is 6.93. The highest BCUT2D eigenvalue weighted by molar-refractivity contribution is 6.25. The summed E-state index contributed by atoms with van der Waals surface area (Å²) in [6.07, 6.45) is -17.6. The first-order valence-corrected chi connectivity index (χ1v) is 24.4. The molecule has 0 bridgehead atoms. The molecule has 2 fully saturated rings. The molecule has 10 atom stereocenters. The molecule has 10 aromatic rings. The van der Waals surface area contributed by atoms with E-state index in [1.807, 2.05) is 24.3 Å². The molecule has 372 valence electrons. The van der Waals surface area contributed by atoms with Crippen molar-refractivity contribution in [2.24, 2.45) is 0 Å². The van der Waals surface area contributed by atoms with Gasteiger partial charge in [-0.1, -0.05) is 121 Å². The molecule has 0 unspecified atom stereocenters. The van der Waals surface area contributed by atoms with Crippen LogP contribution in [0.1, 0.15) is 43.0 Å². The number of ether oxygens (including phenoxy) is 5. The number of carbonyl (C=O) groups is 2. The van der Waals surface area contributed by atoms with E-state index >= 15 is 0 Å². The summed E-state index contributed by atoms with van der Waals surface area (Å²) in [6.45, 7) is -1.19. The quantitative estimate of drug-likeness (QED) is 0.0521. The highest BCUT2D eigenvalue weighted by atomic mass is 16.8. The van der Waals surface area contributed by atoms with Crippen LogP contribution in [0.5, 0.6) is 0 Å². The Balaban J connectivity index is 0.657. The van der Waals surface area contributed by atoms with Crippen LogP contribution in [0.15, 0.2) is 158 Å². The molecule has 0 spiro atoms. The van der Waals surface area contributed by atoms with Crippen molar-refractivity contribution in [3.05, 3.63) is 191 Å². The fraction of sp³-hybridized carbons (Fsp3) is 0.194. The third kappa shape index (κ3) is 8.92. The molecule has 13 nitrogen and oxygen atoms in total. The second-order valence-corrected chi connectivity index (χ2v) is 19.0. The van der Waals surface area contributed by atoms with E-state index in [1.54, 1.807) is 24.3 Å². The molecule has 0 radical (unpaired) electrons. The van der Waals surface area contributed by atoms with Gasteiger partial charge in [0.1, 0.15) is 62.0 Å². The van der Waals surface area contributed by atoms with Gasteiger partial charge in [0.15, 0.2) is 12.6 Å². The van der Waals surface area contributed by atoms with Gasteiger partial charge in [-0.3, -0.25) is 0 Å². The maximum Gasteiger partial charge on any atom is 0.338 e. The summed E-state index contributed by atoms with van der Waals surface area (Å²) in [5.41, 5.74) is 3.35. The number of aliphatic hydroxyl groups excluding tert-OH is 6. The second-order valence-electron chi connectivity index (χ2n) is 19.0. The van der Waals surface area contributed by atoms with Gasteiger partial charge in [-0.2, -0.15) is 0 Å². The Bertz CT molecular complexity index is 3640. The Labute approximate surface area is 428 Å². The van der Waals surface area contributed by atoms with Gasteiger partial charge in [0.05, 0.1) is 11.1 Å². The van der Waals surface area contributed by atoms with Gasteiger partial charge in [-0.25, -0.2) is 9.59 Å². The Morgan fingerprint density at radius 3 is 1.12 bits per heavy atom. The van der Waals surface area contributed by atoms with Crippen molar-refractivity contribution >= 4 is 76.6 Å². The molecule has 0 aromatic heterocycles. The van der Waals surface area contributed by atoms with E-state index < -0.39 is 86.6 Å². The van der Waals surface area contributed by atoms with Crippen LogP contribution in [0.2, 0.25) is 0 Å². The molecular weight excluding hydrogens is 953 g/mol. The summed E-state index contributed by atoms with van der Waals surface area (Å²) in [4.78, 5) is 26.4. The molecule has 0 aliphatic carbocycles. The Morgan fingerprint density at radius 2 is 0.733 bits per heavy atom. The van der Waals surface area contributed by atoms with Crippen molar-refractivity contribution in [2.45, 2.75) is 61.4 Å².